The fourth-order valence-corrected chi connectivity index (χ4v) is 1.83. The van der Waals surface area contributed by atoms with Crippen LogP contribution in [0.1, 0.15) is 0 Å². The van der Waals surface area contributed by atoms with Crippen LogP contribution in [-0.4, -0.2) is 4.92 Å². The van der Waals surface area contributed by atoms with Gasteiger partial charge in [0.05, 0.1) is 4.92 Å². The maximum Gasteiger partial charge on any atom is 0.271 e. The number of benzene rings is 1. The van der Waals surface area contributed by atoms with Gasteiger partial charge in [-0.05, 0) is 38.5 Å². The molecule has 0 aliphatic rings. The second-order valence-corrected chi connectivity index (χ2v) is 4.43. The smallest absolute Gasteiger partial charge is 0.258 e. The normalized spacial score (nSPS) is 9.92. The molecule has 0 N–H and O–H groups in total. The molecule has 64 valence electrons. The highest BCUT2D eigenvalue weighted by atomic mass is 127. The number of thiol groups is 1. The highest BCUT2D eigenvalue weighted by Gasteiger charge is 2.10. The molecule has 1 rings (SSSR count). The molecule has 0 radical (unpaired) electrons. The number of hydrogen-bond donors (Lipinski definition) is 1. The minimum atomic E-state index is -0.444. The highest BCUT2D eigenvalue weighted by molar-refractivity contribution is 14.1. The van der Waals surface area contributed by atoms with Crippen LogP contribution in [0, 0.1) is 13.7 Å². The Morgan fingerprint density at radius 2 is 2.17 bits per heavy atom. The van der Waals surface area contributed by atoms with Crippen molar-refractivity contribution in [3.05, 3.63) is 30.3 Å². The van der Waals surface area contributed by atoms with Crippen LogP contribution in [0.25, 0.3) is 0 Å². The monoisotopic (exact) mass is 359 g/mol. The molecule has 0 saturated carbocycles. The molecule has 0 saturated heterocycles. The van der Waals surface area contributed by atoms with Crippen molar-refractivity contribution in [1.29, 1.82) is 0 Å². The van der Waals surface area contributed by atoms with Crippen LogP contribution in [0.4, 0.5) is 5.69 Å². The standard InChI is InChI=1S/C6H3BrINO2S/c7-4-1-3(9(10)11)2-5(12)6(4)8/h1-2,12H. The molecule has 0 atom stereocenters. The zero-order valence-electron chi connectivity index (χ0n) is 5.62. The van der Waals surface area contributed by atoms with Gasteiger partial charge in [-0.1, -0.05) is 0 Å². The van der Waals surface area contributed by atoms with E-state index in [1.54, 1.807) is 0 Å². The van der Waals surface area contributed by atoms with Gasteiger partial charge in [-0.2, -0.15) is 0 Å². The van der Waals surface area contributed by atoms with Gasteiger partial charge in [0.1, 0.15) is 0 Å². The summed E-state index contributed by atoms with van der Waals surface area (Å²) in [7, 11) is 0. The molecule has 0 aliphatic heterocycles. The van der Waals surface area contributed by atoms with Crippen molar-refractivity contribution < 1.29 is 4.92 Å². The number of nitrogens with zero attached hydrogens (tertiary/aromatic N) is 1. The fraction of sp³-hybridized carbons (Fsp3) is 0. The summed E-state index contributed by atoms with van der Waals surface area (Å²) in [5, 5.41) is 10.4. The van der Waals surface area contributed by atoms with Gasteiger partial charge in [0.25, 0.3) is 5.69 Å². The third-order valence-corrected chi connectivity index (χ3v) is 4.51. The molecule has 6 heteroatoms. The van der Waals surface area contributed by atoms with E-state index in [1.807, 2.05) is 0 Å². The lowest BCUT2D eigenvalue weighted by atomic mass is 10.3. The Bertz CT molecular complexity index is 321. The van der Waals surface area contributed by atoms with Crippen LogP contribution >= 0.6 is 51.1 Å². The number of non-ortho nitro benzene ring substituents is 1. The van der Waals surface area contributed by atoms with Gasteiger partial charge in [0.2, 0.25) is 0 Å². The van der Waals surface area contributed by atoms with Crippen LogP contribution in [-0.2, 0) is 0 Å². The van der Waals surface area contributed by atoms with Gasteiger partial charge in [-0.25, -0.2) is 0 Å². The van der Waals surface area contributed by atoms with E-state index in [0.29, 0.717) is 9.37 Å². The maximum absolute atomic E-state index is 10.4. The van der Waals surface area contributed by atoms with Crippen LogP contribution in [0.5, 0.6) is 0 Å². The molecule has 3 nitrogen and oxygen atoms in total. The van der Waals surface area contributed by atoms with Gasteiger partial charge in [-0.15, -0.1) is 12.6 Å². The Hall–Kier alpha value is 0.180. The Morgan fingerprint density at radius 3 is 2.58 bits per heavy atom. The lowest BCUT2D eigenvalue weighted by Gasteiger charge is -1.99. The summed E-state index contributed by atoms with van der Waals surface area (Å²) in [5.74, 6) is 0. The first-order valence-electron chi connectivity index (χ1n) is 2.85. The first-order chi connectivity index (χ1) is 5.52. The minimum absolute atomic E-state index is 0.0484. The Labute approximate surface area is 96.4 Å². The molecule has 12 heavy (non-hydrogen) atoms. The van der Waals surface area contributed by atoms with E-state index < -0.39 is 4.92 Å². The van der Waals surface area contributed by atoms with Crippen LogP contribution in [0.2, 0.25) is 0 Å². The molecular weight excluding hydrogens is 357 g/mol. The number of nitro groups is 1. The third kappa shape index (κ3) is 2.11. The minimum Gasteiger partial charge on any atom is -0.258 e. The van der Waals surface area contributed by atoms with Crippen LogP contribution in [0.3, 0.4) is 0 Å². The van der Waals surface area contributed by atoms with E-state index >= 15 is 0 Å². The molecule has 0 heterocycles. The van der Waals surface area contributed by atoms with Crippen molar-refractivity contribution >= 4 is 56.8 Å². The van der Waals surface area contributed by atoms with E-state index in [4.69, 9.17) is 0 Å². The molecule has 0 amide bonds. The van der Waals surface area contributed by atoms with E-state index in [1.165, 1.54) is 12.1 Å². The van der Waals surface area contributed by atoms with Crippen molar-refractivity contribution in [2.24, 2.45) is 0 Å². The zero-order valence-corrected chi connectivity index (χ0v) is 10.3. The Morgan fingerprint density at radius 1 is 1.58 bits per heavy atom. The summed E-state index contributed by atoms with van der Waals surface area (Å²) in [5.41, 5.74) is 0.0484. The highest BCUT2D eigenvalue weighted by Crippen LogP contribution is 2.30. The summed E-state index contributed by atoms with van der Waals surface area (Å²) >= 11 is 9.36. The van der Waals surface area contributed by atoms with Crippen molar-refractivity contribution in [3.63, 3.8) is 0 Å². The van der Waals surface area contributed by atoms with E-state index in [2.05, 4.69) is 51.1 Å². The van der Waals surface area contributed by atoms with Crippen molar-refractivity contribution in [1.82, 2.24) is 0 Å². The largest absolute Gasteiger partial charge is 0.271 e. The lowest BCUT2D eigenvalue weighted by Crippen LogP contribution is -1.89. The molecule has 1 aromatic rings. The third-order valence-electron chi connectivity index (χ3n) is 1.20. The van der Waals surface area contributed by atoms with Crippen molar-refractivity contribution in [3.8, 4) is 0 Å². The Balaban J connectivity index is 3.31. The van der Waals surface area contributed by atoms with Gasteiger partial charge in [-0.3, -0.25) is 10.1 Å². The molecule has 0 spiro atoms. The maximum atomic E-state index is 10.4. The fourth-order valence-electron chi connectivity index (χ4n) is 0.666. The number of halogens is 2. The van der Waals surface area contributed by atoms with Gasteiger partial charge >= 0.3 is 0 Å². The molecular formula is C6H3BrINO2S. The van der Waals surface area contributed by atoms with Gasteiger partial charge in [0.15, 0.2) is 0 Å². The summed E-state index contributed by atoms with van der Waals surface area (Å²) < 4.78 is 1.57. The average Bonchev–Trinajstić information content (AvgIpc) is 1.99. The molecule has 1 aromatic carbocycles. The predicted molar refractivity (Wildman–Crippen MR) is 60.8 cm³/mol. The molecule has 0 bridgehead atoms. The number of rotatable bonds is 1. The van der Waals surface area contributed by atoms with E-state index in [0.717, 1.165) is 3.57 Å². The zero-order chi connectivity index (χ0) is 9.30. The number of nitro benzene ring substituents is 1. The van der Waals surface area contributed by atoms with Crippen molar-refractivity contribution in [2.75, 3.05) is 0 Å². The lowest BCUT2D eigenvalue weighted by molar-refractivity contribution is -0.385. The first kappa shape index (κ1) is 10.3. The summed E-state index contributed by atoms with van der Waals surface area (Å²) in [6, 6.07) is 2.89. The van der Waals surface area contributed by atoms with Gasteiger partial charge < -0.3 is 0 Å². The van der Waals surface area contributed by atoms with Crippen molar-refractivity contribution in [2.45, 2.75) is 4.90 Å². The quantitative estimate of drug-likeness (QED) is 0.362. The first-order valence-corrected chi connectivity index (χ1v) is 5.16. The van der Waals surface area contributed by atoms with Crippen LogP contribution < -0.4 is 0 Å². The number of hydrogen-bond acceptors (Lipinski definition) is 3. The molecule has 0 fully saturated rings. The summed E-state index contributed by atoms with van der Waals surface area (Å²) in [6.07, 6.45) is 0. The second kappa shape index (κ2) is 3.93. The second-order valence-electron chi connectivity index (χ2n) is 2.02. The summed E-state index contributed by atoms with van der Waals surface area (Å²) in [4.78, 5) is 10.5. The molecule has 0 unspecified atom stereocenters. The predicted octanol–water partition coefficient (Wildman–Crippen LogP) is 3.25. The Kier molecular flexibility index (Phi) is 3.36. The summed E-state index contributed by atoms with van der Waals surface area (Å²) in [6.45, 7) is 0. The average molecular weight is 360 g/mol. The topological polar surface area (TPSA) is 43.1 Å². The van der Waals surface area contributed by atoms with E-state index in [-0.39, 0.29) is 5.69 Å². The molecule has 0 aromatic heterocycles. The SMILES string of the molecule is O=[N+]([O-])c1cc(S)c(I)c(Br)c1. The molecule has 0 aliphatic carbocycles. The van der Waals surface area contributed by atoms with E-state index in [9.17, 15) is 10.1 Å². The van der Waals surface area contributed by atoms with Crippen LogP contribution in [0.15, 0.2) is 21.5 Å². The van der Waals surface area contributed by atoms with Gasteiger partial charge in [0, 0.05) is 25.1 Å².